The van der Waals surface area contributed by atoms with Crippen molar-refractivity contribution in [3.63, 3.8) is 0 Å². The number of β-amino-alcohol motifs (C(OH)–C–C–N with tert-alkyl or cyclic N) is 1. The molecule has 1 fully saturated rings. The molecule has 1 aromatic carbocycles. The number of likely N-dealkylation sites (tertiary alicyclic amines) is 1. The topological polar surface area (TPSA) is 43.7 Å². The minimum atomic E-state index is -0.434. The molecule has 0 radical (unpaired) electrons. The van der Waals surface area contributed by atoms with Gasteiger partial charge in [0.1, 0.15) is 0 Å². The lowest BCUT2D eigenvalue weighted by molar-refractivity contribution is 0.0504. The van der Waals surface area contributed by atoms with Crippen molar-refractivity contribution >= 4 is 0 Å². The van der Waals surface area contributed by atoms with Crippen LogP contribution in [0.25, 0.3) is 0 Å². The van der Waals surface area contributed by atoms with Crippen molar-refractivity contribution in [1.82, 2.24) is 4.90 Å². The molecule has 1 aliphatic heterocycles. The highest BCUT2D eigenvalue weighted by molar-refractivity contribution is 5.39. The van der Waals surface area contributed by atoms with E-state index in [0.29, 0.717) is 6.54 Å². The fourth-order valence-corrected chi connectivity index (χ4v) is 3.15. The number of piperidine rings is 1. The summed E-state index contributed by atoms with van der Waals surface area (Å²) in [5.41, 5.74) is 4.65. The molecule has 2 rings (SSSR count). The van der Waals surface area contributed by atoms with Gasteiger partial charge >= 0.3 is 0 Å². The van der Waals surface area contributed by atoms with Gasteiger partial charge in [0.25, 0.3) is 0 Å². The van der Waals surface area contributed by atoms with E-state index in [4.69, 9.17) is 0 Å². The Morgan fingerprint density at radius 2 is 1.68 bits per heavy atom. The van der Waals surface area contributed by atoms with Gasteiger partial charge in [-0.25, -0.2) is 0 Å². The second kappa shape index (κ2) is 6.04. The van der Waals surface area contributed by atoms with Crippen molar-refractivity contribution < 1.29 is 10.2 Å². The van der Waals surface area contributed by atoms with Gasteiger partial charge in [0.15, 0.2) is 0 Å². The molecule has 1 heterocycles. The minimum Gasteiger partial charge on any atom is -0.393 e. The zero-order chi connectivity index (χ0) is 14.0. The summed E-state index contributed by atoms with van der Waals surface area (Å²) in [6.07, 6.45) is 1.05. The molecule has 1 atom stereocenters. The van der Waals surface area contributed by atoms with Crippen molar-refractivity contribution in [3.8, 4) is 0 Å². The molecular weight excluding hydrogens is 238 g/mol. The first kappa shape index (κ1) is 14.5. The van der Waals surface area contributed by atoms with Gasteiger partial charge in [-0.3, -0.25) is 0 Å². The van der Waals surface area contributed by atoms with Crippen LogP contribution in [0.5, 0.6) is 0 Å². The maximum absolute atomic E-state index is 10.5. The van der Waals surface area contributed by atoms with Gasteiger partial charge in [0, 0.05) is 19.6 Å². The molecule has 2 N–H and O–H groups in total. The summed E-state index contributed by atoms with van der Waals surface area (Å²) < 4.78 is 0. The van der Waals surface area contributed by atoms with Gasteiger partial charge in [0.05, 0.1) is 12.2 Å². The van der Waals surface area contributed by atoms with Gasteiger partial charge < -0.3 is 15.1 Å². The fraction of sp³-hybridized carbons (Fsp3) is 0.625. The zero-order valence-corrected chi connectivity index (χ0v) is 12.2. The number of benzene rings is 1. The van der Waals surface area contributed by atoms with Gasteiger partial charge in [-0.1, -0.05) is 17.7 Å². The predicted molar refractivity (Wildman–Crippen MR) is 77.3 cm³/mol. The Hall–Kier alpha value is -0.900. The second-order valence-corrected chi connectivity index (χ2v) is 5.86. The zero-order valence-electron chi connectivity index (χ0n) is 12.2. The summed E-state index contributed by atoms with van der Waals surface area (Å²) in [5, 5.41) is 20.0. The number of aryl methyl sites for hydroxylation is 3. The summed E-state index contributed by atoms with van der Waals surface area (Å²) in [5.74, 6) is 0. The van der Waals surface area contributed by atoms with Crippen molar-refractivity contribution in [2.24, 2.45) is 0 Å². The smallest absolute Gasteiger partial charge is 0.0922 e. The number of aliphatic hydroxyl groups excluding tert-OH is 2. The van der Waals surface area contributed by atoms with Crippen LogP contribution in [-0.4, -0.2) is 40.9 Å². The minimum absolute atomic E-state index is 0.156. The van der Waals surface area contributed by atoms with E-state index in [-0.39, 0.29) is 6.10 Å². The maximum Gasteiger partial charge on any atom is 0.0922 e. The first-order valence-corrected chi connectivity index (χ1v) is 7.13. The van der Waals surface area contributed by atoms with Gasteiger partial charge in [-0.15, -0.1) is 0 Å². The van der Waals surface area contributed by atoms with Crippen molar-refractivity contribution in [1.29, 1.82) is 0 Å². The summed E-state index contributed by atoms with van der Waals surface area (Å²) in [6.45, 7) is 8.64. The Kier molecular flexibility index (Phi) is 4.61. The third-order valence-electron chi connectivity index (χ3n) is 4.06. The third-order valence-corrected chi connectivity index (χ3v) is 4.06. The molecular formula is C16H25NO2. The summed E-state index contributed by atoms with van der Waals surface area (Å²) in [4.78, 5) is 2.25. The standard InChI is InChI=1S/C16H25NO2/c1-11-8-12(2)16(13(3)9-11)15(19)10-17-6-4-14(18)5-7-17/h8-9,14-15,18-19H,4-7,10H2,1-3H3. The lowest BCUT2D eigenvalue weighted by Crippen LogP contribution is -2.38. The van der Waals surface area contributed by atoms with E-state index in [9.17, 15) is 10.2 Å². The molecule has 0 aliphatic carbocycles. The number of hydrogen-bond acceptors (Lipinski definition) is 3. The predicted octanol–water partition coefficient (Wildman–Crippen LogP) is 2.10. The highest BCUT2D eigenvalue weighted by Gasteiger charge is 2.21. The molecule has 1 unspecified atom stereocenters. The first-order valence-electron chi connectivity index (χ1n) is 7.13. The van der Waals surface area contributed by atoms with Crippen LogP contribution in [0.2, 0.25) is 0 Å². The van der Waals surface area contributed by atoms with Crippen LogP contribution < -0.4 is 0 Å². The van der Waals surface area contributed by atoms with Gasteiger partial charge in [0.2, 0.25) is 0 Å². The van der Waals surface area contributed by atoms with Crippen LogP contribution in [-0.2, 0) is 0 Å². The van der Waals surface area contributed by atoms with Gasteiger partial charge in [-0.2, -0.15) is 0 Å². The molecule has 0 amide bonds. The van der Waals surface area contributed by atoms with E-state index in [0.717, 1.165) is 31.5 Å². The molecule has 0 spiro atoms. The molecule has 3 nitrogen and oxygen atoms in total. The molecule has 19 heavy (non-hydrogen) atoms. The number of aliphatic hydroxyl groups is 2. The van der Waals surface area contributed by atoms with E-state index < -0.39 is 6.10 Å². The SMILES string of the molecule is Cc1cc(C)c(C(O)CN2CCC(O)CC2)c(C)c1. The van der Waals surface area contributed by atoms with Crippen molar-refractivity contribution in [2.75, 3.05) is 19.6 Å². The number of hydrogen-bond donors (Lipinski definition) is 2. The largest absolute Gasteiger partial charge is 0.393 e. The summed E-state index contributed by atoms with van der Waals surface area (Å²) in [7, 11) is 0. The third kappa shape index (κ3) is 3.56. The summed E-state index contributed by atoms with van der Waals surface area (Å²) in [6, 6.07) is 4.26. The lowest BCUT2D eigenvalue weighted by Gasteiger charge is -2.31. The quantitative estimate of drug-likeness (QED) is 0.878. The van der Waals surface area contributed by atoms with Crippen LogP contribution in [0.4, 0.5) is 0 Å². The van der Waals surface area contributed by atoms with Crippen LogP contribution in [0.1, 0.15) is 41.2 Å². The Bertz CT molecular complexity index is 413. The molecule has 3 heteroatoms. The highest BCUT2D eigenvalue weighted by Crippen LogP contribution is 2.25. The lowest BCUT2D eigenvalue weighted by atomic mass is 9.95. The average molecular weight is 263 g/mol. The van der Waals surface area contributed by atoms with E-state index in [1.165, 1.54) is 16.7 Å². The fourth-order valence-electron chi connectivity index (χ4n) is 3.15. The Morgan fingerprint density at radius 1 is 1.16 bits per heavy atom. The Labute approximate surface area is 115 Å². The monoisotopic (exact) mass is 263 g/mol. The van der Waals surface area contributed by atoms with Crippen LogP contribution in [0.3, 0.4) is 0 Å². The average Bonchev–Trinajstić information content (AvgIpc) is 2.30. The summed E-state index contributed by atoms with van der Waals surface area (Å²) >= 11 is 0. The molecule has 1 aromatic rings. The molecule has 106 valence electrons. The molecule has 0 aromatic heterocycles. The van der Waals surface area contributed by atoms with Crippen LogP contribution in [0, 0.1) is 20.8 Å². The second-order valence-electron chi connectivity index (χ2n) is 5.86. The van der Waals surface area contributed by atoms with Crippen LogP contribution in [0.15, 0.2) is 12.1 Å². The molecule has 1 saturated heterocycles. The van der Waals surface area contributed by atoms with E-state index in [2.05, 4.69) is 37.8 Å². The van der Waals surface area contributed by atoms with Crippen molar-refractivity contribution in [3.05, 3.63) is 34.4 Å². The Morgan fingerprint density at radius 3 is 2.21 bits per heavy atom. The number of rotatable bonds is 3. The molecule has 1 aliphatic rings. The highest BCUT2D eigenvalue weighted by atomic mass is 16.3. The molecule has 0 saturated carbocycles. The van der Waals surface area contributed by atoms with E-state index in [1.807, 2.05) is 0 Å². The van der Waals surface area contributed by atoms with E-state index >= 15 is 0 Å². The Balaban J connectivity index is 2.06. The first-order chi connectivity index (χ1) is 8.97. The van der Waals surface area contributed by atoms with E-state index in [1.54, 1.807) is 0 Å². The van der Waals surface area contributed by atoms with Crippen LogP contribution >= 0.6 is 0 Å². The van der Waals surface area contributed by atoms with Gasteiger partial charge in [-0.05, 0) is 50.3 Å². The normalized spacial score (nSPS) is 19.6. The van der Waals surface area contributed by atoms with Crippen molar-refractivity contribution in [2.45, 2.75) is 45.8 Å². The maximum atomic E-state index is 10.5. The number of nitrogens with zero attached hydrogens (tertiary/aromatic N) is 1. The molecule has 0 bridgehead atoms.